The fraction of sp³-hybridized carbons (Fsp3) is 0. The van der Waals surface area contributed by atoms with Crippen molar-refractivity contribution in [1.29, 1.82) is 0 Å². The molecule has 0 fully saturated rings. The van der Waals surface area contributed by atoms with Gasteiger partial charge in [0.25, 0.3) is 0 Å². The number of carboxylic acid groups (broad SMARTS) is 1. The van der Waals surface area contributed by atoms with E-state index in [0.717, 1.165) is 10.1 Å². The number of nitrogens with zero attached hydrogens (tertiary/aromatic N) is 2. The van der Waals surface area contributed by atoms with Crippen molar-refractivity contribution in [3.63, 3.8) is 0 Å². The smallest absolute Gasteiger partial charge is 0.416 e. The molecule has 1 N–H and O–H groups in total. The first kappa shape index (κ1) is 6.84. The summed E-state index contributed by atoms with van der Waals surface area (Å²) in [5.74, 6) is 0. The van der Waals surface area contributed by atoms with Crippen LogP contribution in [0.3, 0.4) is 0 Å². The van der Waals surface area contributed by atoms with E-state index in [0.29, 0.717) is 5.69 Å². The number of aromatic nitrogens is 2. The van der Waals surface area contributed by atoms with Gasteiger partial charge in [-0.05, 0) is 12.1 Å². The van der Waals surface area contributed by atoms with Crippen LogP contribution in [0.4, 0.5) is 4.79 Å². The van der Waals surface area contributed by atoms with Gasteiger partial charge in [0, 0.05) is 18.0 Å². The second-order valence-corrected chi connectivity index (χ2v) is 2.41. The third-order valence-corrected chi connectivity index (χ3v) is 1.68. The summed E-state index contributed by atoms with van der Waals surface area (Å²) in [7, 11) is 0. The van der Waals surface area contributed by atoms with Crippen LogP contribution in [0.2, 0.25) is 0 Å². The lowest BCUT2D eigenvalue weighted by molar-refractivity contribution is 0.196. The van der Waals surface area contributed by atoms with Crippen molar-refractivity contribution < 1.29 is 9.90 Å². The van der Waals surface area contributed by atoms with E-state index in [1.54, 1.807) is 12.3 Å². The summed E-state index contributed by atoms with van der Waals surface area (Å²) in [6.45, 7) is 0. The molecule has 4 nitrogen and oxygen atoms in total. The topological polar surface area (TPSA) is 55.1 Å². The van der Waals surface area contributed by atoms with Gasteiger partial charge in [-0.3, -0.25) is 9.55 Å². The Hall–Kier alpha value is -1.84. The average molecular weight is 162 g/mol. The van der Waals surface area contributed by atoms with Gasteiger partial charge in [0.1, 0.15) is 0 Å². The Morgan fingerprint density at radius 2 is 2.33 bits per heavy atom. The molecule has 0 saturated carbocycles. The van der Waals surface area contributed by atoms with Crippen molar-refractivity contribution in [1.82, 2.24) is 9.55 Å². The molecule has 0 amide bonds. The van der Waals surface area contributed by atoms with Gasteiger partial charge in [-0.15, -0.1) is 0 Å². The normalized spacial score (nSPS) is 10.3. The van der Waals surface area contributed by atoms with Crippen LogP contribution in [0, 0.1) is 0 Å². The van der Waals surface area contributed by atoms with Crippen molar-refractivity contribution >= 4 is 6.09 Å². The summed E-state index contributed by atoms with van der Waals surface area (Å²) in [6.07, 6.45) is 3.67. The molecule has 4 heteroatoms. The molecule has 2 aliphatic rings. The van der Waals surface area contributed by atoms with Gasteiger partial charge in [0.05, 0.1) is 11.9 Å². The van der Waals surface area contributed by atoms with Crippen LogP contribution in [0.25, 0.3) is 11.3 Å². The summed E-state index contributed by atoms with van der Waals surface area (Å²) < 4.78 is 1.14. The summed E-state index contributed by atoms with van der Waals surface area (Å²) in [4.78, 5) is 14.5. The van der Waals surface area contributed by atoms with Crippen LogP contribution in [0.5, 0.6) is 0 Å². The van der Waals surface area contributed by atoms with Gasteiger partial charge in [0.2, 0.25) is 0 Å². The van der Waals surface area contributed by atoms with Crippen LogP contribution in [-0.4, -0.2) is 20.8 Å². The highest BCUT2D eigenvalue weighted by atomic mass is 16.4. The molecule has 0 aliphatic carbocycles. The number of hydrogen-bond acceptors (Lipinski definition) is 2. The van der Waals surface area contributed by atoms with Crippen molar-refractivity contribution in [3.8, 4) is 11.3 Å². The molecule has 0 unspecified atom stereocenters. The highest BCUT2D eigenvalue weighted by Crippen LogP contribution is 2.19. The first-order valence-electron chi connectivity index (χ1n) is 3.43. The van der Waals surface area contributed by atoms with Gasteiger partial charge in [-0.2, -0.15) is 0 Å². The zero-order valence-corrected chi connectivity index (χ0v) is 6.14. The maximum atomic E-state index is 10.6. The summed E-state index contributed by atoms with van der Waals surface area (Å²) in [5.41, 5.74) is 1.45. The fourth-order valence-corrected chi connectivity index (χ4v) is 1.14. The van der Waals surface area contributed by atoms with Crippen LogP contribution in [0.1, 0.15) is 0 Å². The molecule has 0 spiro atoms. The second-order valence-electron chi connectivity index (χ2n) is 2.41. The molecule has 0 bridgehead atoms. The molecule has 12 heavy (non-hydrogen) atoms. The van der Waals surface area contributed by atoms with Crippen LogP contribution < -0.4 is 0 Å². The highest BCUT2D eigenvalue weighted by molar-refractivity contribution is 5.76. The van der Waals surface area contributed by atoms with Crippen LogP contribution in [-0.2, 0) is 0 Å². The molecule has 0 atom stereocenters. The first-order valence-corrected chi connectivity index (χ1v) is 3.43. The van der Waals surface area contributed by atoms with Gasteiger partial charge in [0.15, 0.2) is 0 Å². The number of fused-ring (bicyclic) bond motifs is 1. The first-order chi connectivity index (χ1) is 5.79. The minimum atomic E-state index is -0.992. The maximum Gasteiger partial charge on any atom is 0.416 e. The van der Waals surface area contributed by atoms with Gasteiger partial charge >= 0.3 is 6.09 Å². The molecular formula is C8H6N2O2. The molecule has 0 aromatic rings. The molecule has 0 aromatic carbocycles. The van der Waals surface area contributed by atoms with Gasteiger partial charge < -0.3 is 5.11 Å². The molecule has 2 heterocycles. The van der Waals surface area contributed by atoms with Crippen molar-refractivity contribution in [3.05, 3.63) is 30.7 Å². The van der Waals surface area contributed by atoms with Crippen LogP contribution >= 0.6 is 0 Å². The Morgan fingerprint density at radius 1 is 1.50 bits per heavy atom. The molecular weight excluding hydrogens is 156 g/mol. The van der Waals surface area contributed by atoms with E-state index in [1.807, 2.05) is 6.07 Å². The highest BCUT2D eigenvalue weighted by Gasteiger charge is 2.09. The summed E-state index contributed by atoms with van der Waals surface area (Å²) >= 11 is 0. The number of pyridine rings is 1. The molecule has 0 saturated heterocycles. The molecule has 60 valence electrons. The largest absolute Gasteiger partial charge is 0.464 e. The van der Waals surface area contributed by atoms with Crippen molar-refractivity contribution in [2.24, 2.45) is 0 Å². The standard InChI is InChI=1S/C8H6N2O2/c11-8(12)10-3-1-2-6-4-9-5-7(6)10/h1-5H,(H,11,12). The lowest BCUT2D eigenvalue weighted by atomic mass is 10.2. The lowest BCUT2D eigenvalue weighted by Gasteiger charge is -2.04. The third kappa shape index (κ3) is 0.852. The minimum absolute atomic E-state index is 0.616. The Kier molecular flexibility index (Phi) is 1.33. The Labute approximate surface area is 68.4 Å². The zero-order valence-electron chi connectivity index (χ0n) is 6.14. The minimum Gasteiger partial charge on any atom is -0.464 e. The van der Waals surface area contributed by atoms with E-state index in [1.165, 1.54) is 12.4 Å². The van der Waals surface area contributed by atoms with Crippen molar-refractivity contribution in [2.75, 3.05) is 0 Å². The zero-order chi connectivity index (χ0) is 8.55. The molecule has 0 radical (unpaired) electrons. The van der Waals surface area contributed by atoms with E-state index in [-0.39, 0.29) is 0 Å². The van der Waals surface area contributed by atoms with E-state index >= 15 is 0 Å². The fourth-order valence-electron chi connectivity index (χ4n) is 1.14. The average Bonchev–Trinajstić information content (AvgIpc) is 2.49. The molecule has 2 rings (SSSR count). The maximum absolute atomic E-state index is 10.6. The predicted molar refractivity (Wildman–Crippen MR) is 42.3 cm³/mol. The molecule has 2 aliphatic heterocycles. The quantitative estimate of drug-likeness (QED) is 0.638. The van der Waals surface area contributed by atoms with E-state index in [2.05, 4.69) is 4.98 Å². The van der Waals surface area contributed by atoms with E-state index in [9.17, 15) is 4.79 Å². The number of carbonyl (C=O) groups is 1. The number of hydrogen-bond donors (Lipinski definition) is 1. The van der Waals surface area contributed by atoms with Crippen LogP contribution in [0.15, 0.2) is 30.7 Å². The number of rotatable bonds is 0. The Morgan fingerprint density at radius 3 is 3.08 bits per heavy atom. The van der Waals surface area contributed by atoms with E-state index < -0.39 is 6.09 Å². The second kappa shape index (κ2) is 2.34. The van der Waals surface area contributed by atoms with Gasteiger partial charge in [-0.1, -0.05) is 0 Å². The SMILES string of the molecule is O=C(O)n1cccc2cncc1-2. The van der Waals surface area contributed by atoms with Gasteiger partial charge in [-0.25, -0.2) is 4.79 Å². The Bertz CT molecular complexity index is 394. The summed E-state index contributed by atoms with van der Waals surface area (Å²) in [5, 5.41) is 8.74. The summed E-state index contributed by atoms with van der Waals surface area (Å²) in [6, 6.07) is 3.50. The van der Waals surface area contributed by atoms with E-state index in [4.69, 9.17) is 5.11 Å². The van der Waals surface area contributed by atoms with Crippen molar-refractivity contribution in [2.45, 2.75) is 0 Å². The molecule has 0 aromatic heterocycles. The predicted octanol–water partition coefficient (Wildman–Crippen LogP) is 1.51. The Balaban J connectivity index is 2.71. The lowest BCUT2D eigenvalue weighted by Crippen LogP contribution is -2.09. The third-order valence-electron chi connectivity index (χ3n) is 1.68. The monoisotopic (exact) mass is 162 g/mol.